The molecule has 1 heterocycles. The summed E-state index contributed by atoms with van der Waals surface area (Å²) in [6, 6.07) is 2.13. The van der Waals surface area contributed by atoms with Crippen LogP contribution in [0.15, 0.2) is 16.7 Å². The molecule has 4 heteroatoms. The van der Waals surface area contributed by atoms with Crippen LogP contribution in [0.4, 0.5) is 0 Å². The Balaban J connectivity index is 3.00. The van der Waals surface area contributed by atoms with Gasteiger partial charge in [-0.25, -0.2) is 0 Å². The van der Waals surface area contributed by atoms with Crippen LogP contribution in [0.25, 0.3) is 0 Å². The minimum atomic E-state index is -0.0214. The highest BCUT2D eigenvalue weighted by Crippen LogP contribution is 2.19. The van der Waals surface area contributed by atoms with Gasteiger partial charge in [0.15, 0.2) is 0 Å². The summed E-state index contributed by atoms with van der Waals surface area (Å²) in [5, 5.41) is 2.79. The first-order valence-corrected chi connectivity index (χ1v) is 5.51. The summed E-state index contributed by atoms with van der Waals surface area (Å²) in [6.45, 7) is 6.67. The predicted molar refractivity (Wildman–Crippen MR) is 60.5 cm³/mol. The molecule has 0 aliphatic heterocycles. The number of carbonyl (C=O) groups excluding carboxylic acids is 1. The van der Waals surface area contributed by atoms with E-state index in [0.717, 1.165) is 4.47 Å². The lowest BCUT2D eigenvalue weighted by Crippen LogP contribution is -2.25. The van der Waals surface area contributed by atoms with E-state index in [1.165, 1.54) is 0 Å². The van der Waals surface area contributed by atoms with Crippen LogP contribution in [-0.2, 0) is 0 Å². The first-order chi connectivity index (χ1) is 6.56. The van der Waals surface area contributed by atoms with Gasteiger partial charge < -0.3 is 9.88 Å². The SMILES string of the molecule is CCNC(=O)c1cc(Br)cn1C(C)C. The molecule has 1 aromatic rings. The van der Waals surface area contributed by atoms with Crippen molar-refractivity contribution in [3.05, 3.63) is 22.4 Å². The Morgan fingerprint density at radius 3 is 2.79 bits per heavy atom. The number of aromatic nitrogens is 1. The molecular weight excluding hydrogens is 244 g/mol. The van der Waals surface area contributed by atoms with Crippen LogP contribution in [0.5, 0.6) is 0 Å². The molecule has 0 saturated carbocycles. The lowest BCUT2D eigenvalue weighted by atomic mass is 10.3. The topological polar surface area (TPSA) is 34.0 Å². The number of carbonyl (C=O) groups is 1. The van der Waals surface area contributed by atoms with Crippen molar-refractivity contribution >= 4 is 21.8 Å². The molecule has 0 atom stereocenters. The molecule has 3 nitrogen and oxygen atoms in total. The Hall–Kier alpha value is -0.770. The van der Waals surface area contributed by atoms with E-state index in [0.29, 0.717) is 18.3 Å². The molecule has 1 amide bonds. The second-order valence-electron chi connectivity index (χ2n) is 3.40. The Morgan fingerprint density at radius 1 is 1.64 bits per heavy atom. The molecule has 14 heavy (non-hydrogen) atoms. The summed E-state index contributed by atoms with van der Waals surface area (Å²) in [5.41, 5.74) is 0.703. The standard InChI is InChI=1S/C10H15BrN2O/c1-4-12-10(14)9-5-8(11)6-13(9)7(2)3/h5-7H,4H2,1-3H3,(H,12,14). The highest BCUT2D eigenvalue weighted by Gasteiger charge is 2.13. The molecule has 0 aliphatic carbocycles. The van der Waals surface area contributed by atoms with E-state index in [1.807, 2.05) is 23.8 Å². The molecule has 0 saturated heterocycles. The molecule has 1 N–H and O–H groups in total. The summed E-state index contributed by atoms with van der Waals surface area (Å²) >= 11 is 3.37. The van der Waals surface area contributed by atoms with Crippen molar-refractivity contribution < 1.29 is 4.79 Å². The van der Waals surface area contributed by atoms with E-state index < -0.39 is 0 Å². The number of halogens is 1. The maximum Gasteiger partial charge on any atom is 0.267 e. The fourth-order valence-electron chi connectivity index (χ4n) is 1.31. The van der Waals surface area contributed by atoms with Gasteiger partial charge in [0.05, 0.1) is 0 Å². The molecule has 1 rings (SSSR count). The van der Waals surface area contributed by atoms with Crippen LogP contribution in [0.2, 0.25) is 0 Å². The van der Waals surface area contributed by atoms with Crippen molar-refractivity contribution in [2.45, 2.75) is 26.8 Å². The molecule has 1 aromatic heterocycles. The Labute approximate surface area is 92.6 Å². The van der Waals surface area contributed by atoms with E-state index in [9.17, 15) is 4.79 Å². The highest BCUT2D eigenvalue weighted by atomic mass is 79.9. The lowest BCUT2D eigenvalue weighted by Gasteiger charge is -2.11. The normalized spacial score (nSPS) is 10.6. The van der Waals surface area contributed by atoms with Gasteiger partial charge >= 0.3 is 0 Å². The quantitative estimate of drug-likeness (QED) is 0.889. The third-order valence-corrected chi connectivity index (χ3v) is 2.38. The minimum Gasteiger partial charge on any atom is -0.351 e. The van der Waals surface area contributed by atoms with Gasteiger partial charge in [-0.3, -0.25) is 4.79 Å². The van der Waals surface area contributed by atoms with Gasteiger partial charge in [-0.2, -0.15) is 0 Å². The minimum absolute atomic E-state index is 0.0214. The van der Waals surface area contributed by atoms with Gasteiger partial charge in [0.2, 0.25) is 0 Å². The zero-order valence-electron chi connectivity index (χ0n) is 8.67. The van der Waals surface area contributed by atoms with Crippen molar-refractivity contribution in [1.82, 2.24) is 9.88 Å². The first-order valence-electron chi connectivity index (χ1n) is 4.71. The van der Waals surface area contributed by atoms with E-state index in [-0.39, 0.29) is 5.91 Å². The van der Waals surface area contributed by atoms with Crippen LogP contribution in [-0.4, -0.2) is 17.0 Å². The van der Waals surface area contributed by atoms with Crippen LogP contribution in [0.1, 0.15) is 37.3 Å². The van der Waals surface area contributed by atoms with E-state index in [4.69, 9.17) is 0 Å². The molecule has 0 aliphatic rings. The zero-order chi connectivity index (χ0) is 10.7. The second-order valence-corrected chi connectivity index (χ2v) is 4.32. The van der Waals surface area contributed by atoms with Crippen molar-refractivity contribution in [2.24, 2.45) is 0 Å². The number of amides is 1. The molecule has 0 unspecified atom stereocenters. The van der Waals surface area contributed by atoms with Gasteiger partial charge in [0.1, 0.15) is 5.69 Å². The maximum atomic E-state index is 11.6. The highest BCUT2D eigenvalue weighted by molar-refractivity contribution is 9.10. The van der Waals surface area contributed by atoms with Crippen molar-refractivity contribution in [3.63, 3.8) is 0 Å². The largest absolute Gasteiger partial charge is 0.351 e. The van der Waals surface area contributed by atoms with Crippen LogP contribution >= 0.6 is 15.9 Å². The number of rotatable bonds is 3. The van der Waals surface area contributed by atoms with Crippen molar-refractivity contribution in [1.29, 1.82) is 0 Å². The summed E-state index contributed by atoms with van der Waals surface area (Å²) in [5.74, 6) is -0.0214. The van der Waals surface area contributed by atoms with E-state index in [2.05, 4.69) is 35.1 Å². The Morgan fingerprint density at radius 2 is 2.29 bits per heavy atom. The summed E-state index contributed by atoms with van der Waals surface area (Å²) < 4.78 is 2.89. The smallest absolute Gasteiger partial charge is 0.267 e. The van der Waals surface area contributed by atoms with Gasteiger partial charge in [0, 0.05) is 23.3 Å². The second kappa shape index (κ2) is 4.64. The number of nitrogens with one attached hydrogen (secondary N) is 1. The van der Waals surface area contributed by atoms with Gasteiger partial charge in [-0.05, 0) is 42.8 Å². The predicted octanol–water partition coefficient (Wildman–Crippen LogP) is 2.58. The summed E-state index contributed by atoms with van der Waals surface area (Å²) in [4.78, 5) is 11.6. The van der Waals surface area contributed by atoms with Crippen LogP contribution in [0.3, 0.4) is 0 Å². The molecular formula is C10H15BrN2O. The molecule has 0 spiro atoms. The first kappa shape index (κ1) is 11.3. The van der Waals surface area contributed by atoms with Crippen LogP contribution in [0, 0.1) is 0 Å². The van der Waals surface area contributed by atoms with E-state index in [1.54, 1.807) is 0 Å². The van der Waals surface area contributed by atoms with E-state index >= 15 is 0 Å². The molecule has 0 fully saturated rings. The monoisotopic (exact) mass is 258 g/mol. The average Bonchev–Trinajstić information content (AvgIpc) is 2.48. The molecule has 0 bridgehead atoms. The van der Waals surface area contributed by atoms with Gasteiger partial charge in [-0.15, -0.1) is 0 Å². The fourth-order valence-corrected chi connectivity index (χ4v) is 1.74. The fraction of sp³-hybridized carbons (Fsp3) is 0.500. The van der Waals surface area contributed by atoms with Crippen molar-refractivity contribution in [2.75, 3.05) is 6.54 Å². The lowest BCUT2D eigenvalue weighted by molar-refractivity contribution is 0.0945. The Kier molecular flexibility index (Phi) is 3.75. The molecule has 0 aromatic carbocycles. The third-order valence-electron chi connectivity index (χ3n) is 1.94. The summed E-state index contributed by atoms with van der Waals surface area (Å²) in [6.07, 6.45) is 1.93. The van der Waals surface area contributed by atoms with Gasteiger partial charge in [0.25, 0.3) is 5.91 Å². The average molecular weight is 259 g/mol. The maximum absolute atomic E-state index is 11.6. The number of hydrogen-bond donors (Lipinski definition) is 1. The molecule has 0 radical (unpaired) electrons. The van der Waals surface area contributed by atoms with Crippen LogP contribution < -0.4 is 5.32 Å². The van der Waals surface area contributed by atoms with Gasteiger partial charge in [-0.1, -0.05) is 0 Å². The zero-order valence-corrected chi connectivity index (χ0v) is 10.3. The van der Waals surface area contributed by atoms with Crippen molar-refractivity contribution in [3.8, 4) is 0 Å². The number of hydrogen-bond acceptors (Lipinski definition) is 1. The molecule has 78 valence electrons. The third kappa shape index (κ3) is 2.38. The number of nitrogens with zero attached hydrogens (tertiary/aromatic N) is 1. The summed E-state index contributed by atoms with van der Waals surface area (Å²) in [7, 11) is 0. The Bertz CT molecular complexity index is 331.